The number of nitrogens with zero attached hydrogens (tertiary/aromatic N) is 4. The van der Waals surface area contributed by atoms with Crippen molar-refractivity contribution in [2.45, 2.75) is 19.9 Å². The van der Waals surface area contributed by atoms with Gasteiger partial charge in [0.25, 0.3) is 0 Å². The average molecular weight is 363 g/mol. The van der Waals surface area contributed by atoms with E-state index in [1.54, 1.807) is 4.90 Å². The van der Waals surface area contributed by atoms with Crippen LogP contribution in [0.2, 0.25) is 0 Å². The van der Waals surface area contributed by atoms with Gasteiger partial charge in [0, 0.05) is 58.1 Å². The van der Waals surface area contributed by atoms with Gasteiger partial charge in [-0.1, -0.05) is 13.0 Å². The Balaban J connectivity index is 1.48. The number of carbonyl (C=O) groups is 1. The molecule has 0 radical (unpaired) electrons. The fourth-order valence-corrected chi connectivity index (χ4v) is 3.08. The van der Waals surface area contributed by atoms with Crippen LogP contribution >= 0.6 is 0 Å². The number of hydrogen-bond donors (Lipinski definition) is 1. The van der Waals surface area contributed by atoms with Crippen LogP contribution in [0.25, 0.3) is 0 Å². The lowest BCUT2D eigenvalue weighted by molar-refractivity contribution is 0.144. The molecule has 3 rings (SSSR count). The lowest BCUT2D eigenvalue weighted by atomic mass is 10.3. The number of benzene rings is 1. The highest BCUT2D eigenvalue weighted by Crippen LogP contribution is 2.18. The molecule has 0 saturated carbocycles. The molecule has 1 fully saturated rings. The number of imidazole rings is 1. The van der Waals surface area contributed by atoms with Crippen LogP contribution in [0.1, 0.15) is 12.7 Å². The van der Waals surface area contributed by atoms with Gasteiger partial charge in [0.1, 0.15) is 23.1 Å². The van der Waals surface area contributed by atoms with Gasteiger partial charge in [-0.05, 0) is 12.1 Å². The SMILES string of the molecule is CCc1nccn1CCN1CCN(C(=O)Nc2c(F)cccc2F)CC1. The van der Waals surface area contributed by atoms with Crippen LogP contribution in [-0.2, 0) is 13.0 Å². The Kier molecular flexibility index (Phi) is 5.82. The Bertz CT molecular complexity index is 736. The van der Waals surface area contributed by atoms with E-state index in [1.807, 2.05) is 12.4 Å². The fraction of sp³-hybridized carbons (Fsp3) is 0.444. The van der Waals surface area contributed by atoms with Gasteiger partial charge in [0.2, 0.25) is 0 Å². The second-order valence-electron chi connectivity index (χ2n) is 6.25. The maximum absolute atomic E-state index is 13.6. The third-order valence-corrected chi connectivity index (χ3v) is 4.63. The van der Waals surface area contributed by atoms with E-state index in [2.05, 4.69) is 26.7 Å². The Morgan fingerprint density at radius 1 is 1.15 bits per heavy atom. The molecule has 2 heterocycles. The summed E-state index contributed by atoms with van der Waals surface area (Å²) in [6.07, 6.45) is 4.68. The molecule has 1 N–H and O–H groups in total. The fourth-order valence-electron chi connectivity index (χ4n) is 3.08. The van der Waals surface area contributed by atoms with Crippen molar-refractivity contribution < 1.29 is 13.6 Å². The highest BCUT2D eigenvalue weighted by molar-refractivity contribution is 5.89. The molecular formula is C18H23F2N5O. The van der Waals surface area contributed by atoms with Crippen LogP contribution in [0, 0.1) is 11.6 Å². The Hall–Kier alpha value is -2.48. The number of rotatable bonds is 5. The van der Waals surface area contributed by atoms with Crippen LogP contribution in [0.3, 0.4) is 0 Å². The molecule has 26 heavy (non-hydrogen) atoms. The summed E-state index contributed by atoms with van der Waals surface area (Å²) in [6.45, 7) is 6.30. The van der Waals surface area contributed by atoms with E-state index >= 15 is 0 Å². The quantitative estimate of drug-likeness (QED) is 0.888. The molecular weight excluding hydrogens is 340 g/mol. The summed E-state index contributed by atoms with van der Waals surface area (Å²) in [4.78, 5) is 20.4. The average Bonchev–Trinajstić information content (AvgIpc) is 3.11. The number of piperazine rings is 1. The number of nitrogens with one attached hydrogen (secondary N) is 1. The van der Waals surface area contributed by atoms with E-state index in [-0.39, 0.29) is 0 Å². The first kappa shape index (κ1) is 18.3. The number of para-hydroxylation sites is 1. The van der Waals surface area contributed by atoms with Crippen molar-refractivity contribution in [2.75, 3.05) is 38.0 Å². The normalized spacial score (nSPS) is 15.3. The molecule has 1 aromatic heterocycles. The zero-order valence-electron chi connectivity index (χ0n) is 14.8. The standard InChI is InChI=1S/C18H23F2N5O/c1-2-16-21-6-7-24(16)11-8-23-9-12-25(13-10-23)18(26)22-17-14(19)4-3-5-15(17)20/h3-7H,2,8-13H2,1H3,(H,22,26). The molecule has 0 bridgehead atoms. The molecule has 1 aromatic carbocycles. The number of amides is 2. The molecule has 6 nitrogen and oxygen atoms in total. The van der Waals surface area contributed by atoms with E-state index < -0.39 is 23.4 Å². The van der Waals surface area contributed by atoms with Crippen LogP contribution in [0.15, 0.2) is 30.6 Å². The Morgan fingerprint density at radius 2 is 1.85 bits per heavy atom. The third kappa shape index (κ3) is 4.19. The van der Waals surface area contributed by atoms with Crippen LogP contribution < -0.4 is 5.32 Å². The molecule has 2 amide bonds. The van der Waals surface area contributed by atoms with Crippen molar-refractivity contribution in [3.05, 3.63) is 48.1 Å². The first-order chi connectivity index (χ1) is 12.6. The van der Waals surface area contributed by atoms with Gasteiger partial charge in [-0.25, -0.2) is 18.6 Å². The summed E-state index contributed by atoms with van der Waals surface area (Å²) >= 11 is 0. The highest BCUT2D eigenvalue weighted by Gasteiger charge is 2.22. The summed E-state index contributed by atoms with van der Waals surface area (Å²) in [7, 11) is 0. The largest absolute Gasteiger partial charge is 0.334 e. The maximum Gasteiger partial charge on any atom is 0.322 e. The smallest absolute Gasteiger partial charge is 0.322 e. The Morgan fingerprint density at radius 3 is 2.50 bits per heavy atom. The van der Waals surface area contributed by atoms with Crippen molar-refractivity contribution in [1.82, 2.24) is 19.4 Å². The molecule has 2 aromatic rings. The minimum absolute atomic E-state index is 0.396. The number of carbonyl (C=O) groups excluding carboxylic acids is 1. The van der Waals surface area contributed by atoms with Crippen LogP contribution in [0.5, 0.6) is 0 Å². The van der Waals surface area contributed by atoms with Gasteiger partial charge in [0.05, 0.1) is 0 Å². The number of anilines is 1. The molecule has 0 unspecified atom stereocenters. The minimum atomic E-state index is -0.774. The van der Waals surface area contributed by atoms with E-state index in [4.69, 9.17) is 0 Å². The molecule has 8 heteroatoms. The molecule has 1 saturated heterocycles. The van der Waals surface area contributed by atoms with Crippen LogP contribution in [-0.4, -0.2) is 58.1 Å². The van der Waals surface area contributed by atoms with Crippen molar-refractivity contribution in [1.29, 1.82) is 0 Å². The lowest BCUT2D eigenvalue weighted by Gasteiger charge is -2.34. The maximum atomic E-state index is 13.6. The zero-order chi connectivity index (χ0) is 18.5. The first-order valence-corrected chi connectivity index (χ1v) is 8.80. The van der Waals surface area contributed by atoms with E-state index in [0.717, 1.165) is 50.6 Å². The van der Waals surface area contributed by atoms with Crippen molar-refractivity contribution in [2.24, 2.45) is 0 Å². The predicted molar refractivity (Wildman–Crippen MR) is 95.0 cm³/mol. The number of urea groups is 1. The summed E-state index contributed by atoms with van der Waals surface area (Å²) in [5.41, 5.74) is -0.396. The highest BCUT2D eigenvalue weighted by atomic mass is 19.1. The lowest BCUT2D eigenvalue weighted by Crippen LogP contribution is -2.50. The molecule has 0 spiro atoms. The number of aromatic nitrogens is 2. The number of hydrogen-bond acceptors (Lipinski definition) is 3. The minimum Gasteiger partial charge on any atom is -0.334 e. The van der Waals surface area contributed by atoms with Gasteiger partial charge in [-0.3, -0.25) is 4.90 Å². The van der Waals surface area contributed by atoms with E-state index in [0.29, 0.717) is 13.1 Å². The van der Waals surface area contributed by atoms with E-state index in [9.17, 15) is 13.6 Å². The molecule has 0 aliphatic carbocycles. The molecule has 1 aliphatic heterocycles. The molecule has 140 valence electrons. The van der Waals surface area contributed by atoms with Gasteiger partial charge in [-0.2, -0.15) is 0 Å². The number of halogens is 2. The monoisotopic (exact) mass is 363 g/mol. The van der Waals surface area contributed by atoms with Gasteiger partial charge < -0.3 is 14.8 Å². The number of aryl methyl sites for hydroxylation is 1. The van der Waals surface area contributed by atoms with Crippen molar-refractivity contribution in [3.63, 3.8) is 0 Å². The summed E-state index contributed by atoms with van der Waals surface area (Å²) in [5, 5.41) is 2.34. The van der Waals surface area contributed by atoms with Crippen LogP contribution in [0.4, 0.5) is 19.3 Å². The first-order valence-electron chi connectivity index (χ1n) is 8.80. The topological polar surface area (TPSA) is 53.4 Å². The second kappa shape index (κ2) is 8.27. The van der Waals surface area contributed by atoms with E-state index in [1.165, 1.54) is 6.07 Å². The van der Waals surface area contributed by atoms with Gasteiger partial charge >= 0.3 is 6.03 Å². The summed E-state index contributed by atoms with van der Waals surface area (Å²) in [5.74, 6) is -0.483. The molecule has 1 aliphatic rings. The zero-order valence-corrected chi connectivity index (χ0v) is 14.8. The van der Waals surface area contributed by atoms with Crippen molar-refractivity contribution >= 4 is 11.7 Å². The summed E-state index contributed by atoms with van der Waals surface area (Å²) < 4.78 is 29.4. The predicted octanol–water partition coefficient (Wildman–Crippen LogP) is 2.57. The Labute approximate surface area is 151 Å². The third-order valence-electron chi connectivity index (χ3n) is 4.63. The van der Waals surface area contributed by atoms with Gasteiger partial charge in [-0.15, -0.1) is 0 Å². The summed E-state index contributed by atoms with van der Waals surface area (Å²) in [6, 6.07) is 3.04. The van der Waals surface area contributed by atoms with Crippen molar-refractivity contribution in [3.8, 4) is 0 Å². The molecule has 0 atom stereocenters. The second-order valence-corrected chi connectivity index (χ2v) is 6.25. The van der Waals surface area contributed by atoms with Gasteiger partial charge in [0.15, 0.2) is 0 Å².